The first-order chi connectivity index (χ1) is 11.0. The molecule has 0 aromatic rings. The van der Waals surface area contributed by atoms with Gasteiger partial charge in [0.1, 0.15) is 0 Å². The van der Waals surface area contributed by atoms with Crippen molar-refractivity contribution in [2.24, 2.45) is 0 Å². The van der Waals surface area contributed by atoms with Gasteiger partial charge in [-0.2, -0.15) is 0 Å². The molecule has 0 unspecified atom stereocenters. The minimum atomic E-state index is -0.932. The lowest BCUT2D eigenvalue weighted by molar-refractivity contribution is -0.141. The molecular weight excluding hydrogens is 488 g/mol. The van der Waals surface area contributed by atoms with Crippen LogP contribution in [0.4, 0.5) is 0 Å². The molecular formula is C18H31Br3O2. The standard InChI is InChI=1S/C18H31Br3O2/c1-2-3-4-5-6-7-8-9-10-11-12-13-14-15-16-23-17(22)18(19,20)21/h5-6H,2-4,7-16H2,1H3/b6-5+. The number of carbonyl (C=O) groups is 1. The smallest absolute Gasteiger partial charge is 0.344 e. The van der Waals surface area contributed by atoms with Crippen LogP contribution in [0.15, 0.2) is 12.2 Å². The Labute approximate surface area is 167 Å². The van der Waals surface area contributed by atoms with Gasteiger partial charge in [0.2, 0.25) is 2.14 Å². The highest BCUT2D eigenvalue weighted by Crippen LogP contribution is 2.34. The van der Waals surface area contributed by atoms with Gasteiger partial charge in [-0.05, 0) is 73.5 Å². The zero-order valence-electron chi connectivity index (χ0n) is 14.3. The summed E-state index contributed by atoms with van der Waals surface area (Å²) in [6, 6.07) is 0. The van der Waals surface area contributed by atoms with Crippen LogP contribution in [0.1, 0.15) is 84.0 Å². The van der Waals surface area contributed by atoms with E-state index in [1.54, 1.807) is 0 Å². The quantitative estimate of drug-likeness (QED) is 0.102. The highest BCUT2D eigenvalue weighted by atomic mass is 80.0. The van der Waals surface area contributed by atoms with Gasteiger partial charge in [0.25, 0.3) is 0 Å². The van der Waals surface area contributed by atoms with Gasteiger partial charge in [-0.3, -0.25) is 0 Å². The van der Waals surface area contributed by atoms with E-state index in [1.807, 2.05) is 0 Å². The molecule has 0 amide bonds. The fourth-order valence-electron chi connectivity index (χ4n) is 2.23. The molecule has 0 spiro atoms. The molecule has 0 N–H and O–H groups in total. The van der Waals surface area contributed by atoms with Crippen molar-refractivity contribution >= 4 is 53.8 Å². The van der Waals surface area contributed by atoms with Crippen LogP contribution in [0.25, 0.3) is 0 Å². The molecule has 0 saturated carbocycles. The number of allylic oxidation sites excluding steroid dienone is 2. The number of esters is 1. The SMILES string of the molecule is CCCC/C=C/CCCCCCCCCCOC(=O)C(Br)(Br)Br. The Morgan fingerprint density at radius 2 is 1.30 bits per heavy atom. The molecule has 2 nitrogen and oxygen atoms in total. The summed E-state index contributed by atoms with van der Waals surface area (Å²) < 4.78 is 4.20. The second kappa shape index (κ2) is 16.1. The largest absolute Gasteiger partial charge is 0.463 e. The molecule has 136 valence electrons. The summed E-state index contributed by atoms with van der Waals surface area (Å²) in [4.78, 5) is 11.4. The minimum absolute atomic E-state index is 0.332. The third kappa shape index (κ3) is 17.3. The van der Waals surface area contributed by atoms with Gasteiger partial charge in [0.05, 0.1) is 6.61 Å². The average molecular weight is 519 g/mol. The van der Waals surface area contributed by atoms with E-state index in [-0.39, 0.29) is 5.97 Å². The maximum atomic E-state index is 11.4. The topological polar surface area (TPSA) is 26.3 Å². The lowest BCUT2D eigenvalue weighted by atomic mass is 10.1. The summed E-state index contributed by atoms with van der Waals surface area (Å²) in [6.45, 7) is 2.73. The van der Waals surface area contributed by atoms with E-state index in [0.717, 1.165) is 12.8 Å². The van der Waals surface area contributed by atoms with E-state index in [4.69, 9.17) is 4.74 Å². The minimum Gasteiger partial charge on any atom is -0.463 e. The number of halogens is 3. The molecule has 0 heterocycles. The summed E-state index contributed by atoms with van der Waals surface area (Å²) in [5.74, 6) is -0.332. The first kappa shape index (κ1) is 23.6. The lowest BCUT2D eigenvalue weighted by Crippen LogP contribution is -2.20. The molecule has 0 aliphatic carbocycles. The average Bonchev–Trinajstić information content (AvgIpc) is 2.50. The van der Waals surface area contributed by atoms with Gasteiger partial charge < -0.3 is 4.74 Å². The van der Waals surface area contributed by atoms with Crippen molar-refractivity contribution in [1.29, 1.82) is 0 Å². The normalized spacial score (nSPS) is 12.0. The van der Waals surface area contributed by atoms with Crippen molar-refractivity contribution in [2.75, 3.05) is 6.61 Å². The number of rotatable bonds is 14. The van der Waals surface area contributed by atoms with Crippen molar-refractivity contribution in [3.8, 4) is 0 Å². The summed E-state index contributed by atoms with van der Waals surface area (Å²) in [7, 11) is 0. The van der Waals surface area contributed by atoms with Gasteiger partial charge in [-0.25, -0.2) is 4.79 Å². The van der Waals surface area contributed by atoms with Crippen LogP contribution in [-0.4, -0.2) is 14.7 Å². The molecule has 0 atom stereocenters. The first-order valence-electron chi connectivity index (χ1n) is 8.87. The Kier molecular flexibility index (Phi) is 16.6. The van der Waals surface area contributed by atoms with Crippen LogP contribution >= 0.6 is 47.8 Å². The molecule has 0 radical (unpaired) electrons. The maximum Gasteiger partial charge on any atom is 0.344 e. The molecule has 0 saturated heterocycles. The van der Waals surface area contributed by atoms with Gasteiger partial charge in [0.15, 0.2) is 0 Å². The Morgan fingerprint density at radius 3 is 1.83 bits per heavy atom. The van der Waals surface area contributed by atoms with Crippen molar-refractivity contribution in [3.05, 3.63) is 12.2 Å². The van der Waals surface area contributed by atoms with Crippen molar-refractivity contribution < 1.29 is 9.53 Å². The van der Waals surface area contributed by atoms with Crippen LogP contribution in [0.5, 0.6) is 0 Å². The van der Waals surface area contributed by atoms with E-state index in [2.05, 4.69) is 66.9 Å². The van der Waals surface area contributed by atoms with Gasteiger partial charge in [-0.1, -0.05) is 70.4 Å². The molecule has 0 aliphatic rings. The second-order valence-corrected chi connectivity index (χ2v) is 12.6. The predicted molar refractivity (Wildman–Crippen MR) is 111 cm³/mol. The predicted octanol–water partition coefficient (Wildman–Crippen LogP) is 7.63. The van der Waals surface area contributed by atoms with Crippen LogP contribution in [0.3, 0.4) is 0 Å². The number of ether oxygens (including phenoxy) is 1. The van der Waals surface area contributed by atoms with Gasteiger partial charge in [0, 0.05) is 0 Å². The van der Waals surface area contributed by atoms with Crippen LogP contribution in [0.2, 0.25) is 0 Å². The van der Waals surface area contributed by atoms with Gasteiger partial charge in [-0.15, -0.1) is 0 Å². The monoisotopic (exact) mass is 516 g/mol. The Balaban J connectivity index is 3.19. The molecule has 5 heteroatoms. The Bertz CT molecular complexity index is 312. The second-order valence-electron chi connectivity index (χ2n) is 5.86. The summed E-state index contributed by atoms with van der Waals surface area (Å²) in [6.07, 6.45) is 19.7. The molecule has 0 aromatic heterocycles. The van der Waals surface area contributed by atoms with E-state index >= 15 is 0 Å². The molecule has 0 rings (SSSR count). The zero-order valence-corrected chi connectivity index (χ0v) is 19.1. The fourth-order valence-corrected chi connectivity index (χ4v) is 2.57. The number of unbranched alkanes of at least 4 members (excludes halogenated alkanes) is 10. The number of hydrogen-bond acceptors (Lipinski definition) is 2. The van der Waals surface area contributed by atoms with E-state index in [1.165, 1.54) is 64.2 Å². The molecule has 0 aromatic carbocycles. The van der Waals surface area contributed by atoms with Crippen LogP contribution in [-0.2, 0) is 9.53 Å². The Morgan fingerprint density at radius 1 is 0.826 bits per heavy atom. The van der Waals surface area contributed by atoms with E-state index in [0.29, 0.717) is 6.61 Å². The van der Waals surface area contributed by atoms with Crippen LogP contribution in [0, 0.1) is 0 Å². The molecule has 23 heavy (non-hydrogen) atoms. The number of hydrogen-bond donors (Lipinski definition) is 0. The van der Waals surface area contributed by atoms with Crippen molar-refractivity contribution in [2.45, 2.75) is 86.1 Å². The number of alkyl halides is 3. The number of carbonyl (C=O) groups excluding carboxylic acids is 1. The van der Waals surface area contributed by atoms with Crippen molar-refractivity contribution in [3.63, 3.8) is 0 Å². The third-order valence-corrected chi connectivity index (χ3v) is 4.59. The van der Waals surface area contributed by atoms with E-state index in [9.17, 15) is 4.79 Å². The van der Waals surface area contributed by atoms with Crippen molar-refractivity contribution in [1.82, 2.24) is 0 Å². The molecule has 0 fully saturated rings. The van der Waals surface area contributed by atoms with Gasteiger partial charge >= 0.3 is 5.97 Å². The fraction of sp³-hybridized carbons (Fsp3) is 0.833. The summed E-state index contributed by atoms with van der Waals surface area (Å²) in [5.41, 5.74) is 0. The zero-order chi connectivity index (χ0) is 17.4. The highest BCUT2D eigenvalue weighted by Gasteiger charge is 2.30. The summed E-state index contributed by atoms with van der Waals surface area (Å²) >= 11 is 9.43. The lowest BCUT2D eigenvalue weighted by Gasteiger charge is -2.11. The third-order valence-electron chi connectivity index (χ3n) is 3.62. The summed E-state index contributed by atoms with van der Waals surface area (Å²) in [5, 5.41) is 0. The maximum absolute atomic E-state index is 11.4. The molecule has 0 bridgehead atoms. The Hall–Kier alpha value is 0.650. The van der Waals surface area contributed by atoms with E-state index < -0.39 is 2.14 Å². The highest BCUT2D eigenvalue weighted by molar-refractivity contribution is 9.40. The van der Waals surface area contributed by atoms with Crippen LogP contribution < -0.4 is 0 Å². The molecule has 0 aliphatic heterocycles. The first-order valence-corrected chi connectivity index (χ1v) is 11.2.